The molecule has 1 aliphatic heterocycles. The average molecular weight is 338 g/mol. The molecular formula is C20H22N2O3. The van der Waals surface area contributed by atoms with Gasteiger partial charge in [0, 0.05) is 30.2 Å². The maximum atomic E-state index is 12.7. The average Bonchev–Trinajstić information content (AvgIpc) is 2.67. The van der Waals surface area contributed by atoms with E-state index >= 15 is 0 Å². The number of hydrogen-bond acceptors (Lipinski definition) is 4. The lowest BCUT2D eigenvalue weighted by molar-refractivity contribution is -0.385. The molecule has 5 heteroatoms. The Labute approximate surface area is 147 Å². The first-order valence-electron chi connectivity index (χ1n) is 8.72. The summed E-state index contributed by atoms with van der Waals surface area (Å²) in [6, 6.07) is 15.8. The van der Waals surface area contributed by atoms with E-state index in [1.165, 1.54) is 12.5 Å². The molecule has 2 aromatic carbocycles. The molecule has 1 aliphatic rings. The molecule has 25 heavy (non-hydrogen) atoms. The lowest BCUT2D eigenvalue weighted by Crippen LogP contribution is -2.35. The van der Waals surface area contributed by atoms with E-state index < -0.39 is 0 Å². The smallest absolute Gasteiger partial charge is 0.269 e. The molecule has 0 spiro atoms. The van der Waals surface area contributed by atoms with Crippen molar-refractivity contribution in [2.45, 2.75) is 31.7 Å². The molecule has 0 bridgehead atoms. The predicted molar refractivity (Wildman–Crippen MR) is 96.7 cm³/mol. The second-order valence-corrected chi connectivity index (χ2v) is 6.46. The third-order valence-electron chi connectivity index (χ3n) is 4.77. The van der Waals surface area contributed by atoms with Crippen LogP contribution in [0.15, 0.2) is 54.6 Å². The van der Waals surface area contributed by atoms with Gasteiger partial charge < -0.3 is 0 Å². The number of nitro benzene ring substituents is 1. The van der Waals surface area contributed by atoms with Crippen molar-refractivity contribution in [2.75, 3.05) is 13.1 Å². The third kappa shape index (κ3) is 4.31. The number of non-ortho nitro benzene ring substituents is 1. The number of carbonyl (C=O) groups excluding carboxylic acids is 1. The van der Waals surface area contributed by atoms with E-state index in [1.54, 1.807) is 12.1 Å². The van der Waals surface area contributed by atoms with Crippen LogP contribution in [-0.2, 0) is 0 Å². The monoisotopic (exact) mass is 338 g/mol. The summed E-state index contributed by atoms with van der Waals surface area (Å²) in [7, 11) is 0. The fourth-order valence-electron chi connectivity index (χ4n) is 3.45. The topological polar surface area (TPSA) is 63.4 Å². The molecule has 1 heterocycles. The van der Waals surface area contributed by atoms with E-state index in [4.69, 9.17) is 0 Å². The van der Waals surface area contributed by atoms with Crippen LogP contribution in [0.5, 0.6) is 0 Å². The van der Waals surface area contributed by atoms with Crippen LogP contribution in [0.1, 0.15) is 47.6 Å². The van der Waals surface area contributed by atoms with Gasteiger partial charge in [-0.1, -0.05) is 48.9 Å². The van der Waals surface area contributed by atoms with Gasteiger partial charge in [0.1, 0.15) is 0 Å². The van der Waals surface area contributed by atoms with Crippen LogP contribution in [0.2, 0.25) is 0 Å². The Morgan fingerprint density at radius 1 is 1.04 bits per heavy atom. The molecular weight excluding hydrogens is 316 g/mol. The second kappa shape index (κ2) is 8.03. The first-order chi connectivity index (χ1) is 12.1. The summed E-state index contributed by atoms with van der Waals surface area (Å²) in [5.41, 5.74) is 1.61. The summed E-state index contributed by atoms with van der Waals surface area (Å²) < 4.78 is 0. The maximum absolute atomic E-state index is 12.7. The van der Waals surface area contributed by atoms with Crippen molar-refractivity contribution >= 4 is 11.5 Å². The van der Waals surface area contributed by atoms with Gasteiger partial charge >= 0.3 is 0 Å². The fraction of sp³-hybridized carbons (Fsp3) is 0.350. The number of Topliss-reactive ketones (excluding diaryl/α,β-unsaturated/α-hetero) is 1. The first kappa shape index (κ1) is 17.3. The highest BCUT2D eigenvalue weighted by Gasteiger charge is 2.26. The molecule has 2 aromatic rings. The van der Waals surface area contributed by atoms with E-state index in [0.29, 0.717) is 12.0 Å². The quantitative estimate of drug-likeness (QED) is 0.445. The fourth-order valence-corrected chi connectivity index (χ4v) is 3.45. The van der Waals surface area contributed by atoms with Gasteiger partial charge in [-0.15, -0.1) is 0 Å². The van der Waals surface area contributed by atoms with Crippen LogP contribution < -0.4 is 0 Å². The summed E-state index contributed by atoms with van der Waals surface area (Å²) in [4.78, 5) is 25.8. The van der Waals surface area contributed by atoms with Crippen LogP contribution in [0.4, 0.5) is 5.69 Å². The summed E-state index contributed by atoms with van der Waals surface area (Å²) in [5, 5.41) is 11.1. The van der Waals surface area contributed by atoms with Gasteiger partial charge in [0.05, 0.1) is 4.92 Å². The zero-order valence-electron chi connectivity index (χ0n) is 14.1. The zero-order valence-corrected chi connectivity index (χ0v) is 14.1. The Kier molecular flexibility index (Phi) is 5.56. The summed E-state index contributed by atoms with van der Waals surface area (Å²) in [5.74, 6) is 0.0719. The van der Waals surface area contributed by atoms with E-state index in [0.717, 1.165) is 31.5 Å². The number of carbonyl (C=O) groups is 1. The van der Waals surface area contributed by atoms with Crippen LogP contribution >= 0.6 is 0 Å². The largest absolute Gasteiger partial charge is 0.296 e. The molecule has 1 atom stereocenters. The van der Waals surface area contributed by atoms with Crippen molar-refractivity contribution in [1.29, 1.82) is 0 Å². The lowest BCUT2D eigenvalue weighted by Gasteiger charge is -2.34. The number of benzene rings is 2. The Morgan fingerprint density at radius 3 is 2.44 bits per heavy atom. The summed E-state index contributed by atoms with van der Waals surface area (Å²) in [6.45, 7) is 1.85. The molecule has 0 N–H and O–H groups in total. The van der Waals surface area contributed by atoms with Gasteiger partial charge in [0.2, 0.25) is 0 Å². The molecule has 0 amide bonds. The third-order valence-corrected chi connectivity index (χ3v) is 4.77. The molecule has 0 aliphatic carbocycles. The summed E-state index contributed by atoms with van der Waals surface area (Å²) in [6.07, 6.45) is 3.74. The minimum atomic E-state index is -0.379. The molecule has 0 aromatic heterocycles. The number of ketones is 1. The molecule has 5 nitrogen and oxygen atoms in total. The number of likely N-dealkylation sites (tertiary alicyclic amines) is 1. The van der Waals surface area contributed by atoms with Crippen LogP contribution in [0, 0.1) is 10.1 Å². The van der Waals surface area contributed by atoms with Gasteiger partial charge in [-0.05, 0) is 31.5 Å². The second-order valence-electron chi connectivity index (χ2n) is 6.46. The van der Waals surface area contributed by atoms with E-state index in [9.17, 15) is 14.9 Å². The van der Waals surface area contributed by atoms with Crippen LogP contribution in [0.3, 0.4) is 0 Å². The number of rotatable bonds is 6. The van der Waals surface area contributed by atoms with Gasteiger partial charge in [-0.2, -0.15) is 0 Å². The highest BCUT2D eigenvalue weighted by atomic mass is 16.6. The van der Waals surface area contributed by atoms with E-state index in [1.807, 2.05) is 36.4 Å². The van der Waals surface area contributed by atoms with E-state index in [-0.39, 0.29) is 22.4 Å². The minimum Gasteiger partial charge on any atom is -0.296 e. The van der Waals surface area contributed by atoms with Crippen LogP contribution in [0.25, 0.3) is 0 Å². The van der Waals surface area contributed by atoms with Crippen molar-refractivity contribution in [3.63, 3.8) is 0 Å². The molecule has 0 radical (unpaired) electrons. The summed E-state index contributed by atoms with van der Waals surface area (Å²) >= 11 is 0. The SMILES string of the molecule is O=C(CC(c1cccc([N+](=O)[O-])c1)N1CCCCC1)c1ccccc1. The van der Waals surface area contributed by atoms with Crippen molar-refractivity contribution in [3.05, 3.63) is 75.8 Å². The number of piperidine rings is 1. The molecule has 1 unspecified atom stereocenters. The highest BCUT2D eigenvalue weighted by Crippen LogP contribution is 2.30. The molecule has 3 rings (SSSR count). The standard InChI is InChI=1S/C20H22N2O3/c23-20(16-8-3-1-4-9-16)15-19(21-12-5-2-6-13-21)17-10-7-11-18(14-17)22(24)25/h1,3-4,7-11,14,19H,2,5-6,12-13,15H2. The van der Waals surface area contributed by atoms with Crippen molar-refractivity contribution in [2.24, 2.45) is 0 Å². The van der Waals surface area contributed by atoms with E-state index in [2.05, 4.69) is 4.90 Å². The molecule has 1 fully saturated rings. The van der Waals surface area contributed by atoms with Gasteiger partial charge in [0.15, 0.2) is 5.78 Å². The number of nitrogens with zero attached hydrogens (tertiary/aromatic N) is 2. The first-order valence-corrected chi connectivity index (χ1v) is 8.72. The van der Waals surface area contributed by atoms with Gasteiger partial charge in [-0.3, -0.25) is 19.8 Å². The molecule has 1 saturated heterocycles. The number of hydrogen-bond donors (Lipinski definition) is 0. The normalized spacial score (nSPS) is 16.3. The van der Waals surface area contributed by atoms with Crippen molar-refractivity contribution < 1.29 is 9.72 Å². The Morgan fingerprint density at radius 2 is 1.76 bits per heavy atom. The molecule has 130 valence electrons. The van der Waals surface area contributed by atoms with Crippen molar-refractivity contribution in [1.82, 2.24) is 4.90 Å². The maximum Gasteiger partial charge on any atom is 0.269 e. The van der Waals surface area contributed by atoms with Gasteiger partial charge in [-0.25, -0.2) is 0 Å². The zero-order chi connectivity index (χ0) is 17.6. The van der Waals surface area contributed by atoms with Crippen molar-refractivity contribution in [3.8, 4) is 0 Å². The van der Waals surface area contributed by atoms with Gasteiger partial charge in [0.25, 0.3) is 5.69 Å². The minimum absolute atomic E-state index is 0.0719. The predicted octanol–water partition coefficient (Wildman–Crippen LogP) is 4.39. The lowest BCUT2D eigenvalue weighted by atomic mass is 9.94. The van der Waals surface area contributed by atoms with Crippen LogP contribution in [-0.4, -0.2) is 28.7 Å². The highest BCUT2D eigenvalue weighted by molar-refractivity contribution is 5.96. The Balaban J connectivity index is 1.88. The number of nitro groups is 1. The Hall–Kier alpha value is -2.53. The Bertz CT molecular complexity index is 740. The molecule has 0 saturated carbocycles.